The molecule has 0 fully saturated rings. The van der Waals surface area contributed by atoms with Crippen molar-refractivity contribution in [1.29, 1.82) is 0 Å². The molecule has 21 heavy (non-hydrogen) atoms. The maximum Gasteiger partial charge on any atom is 0.361 e. The second kappa shape index (κ2) is 5.50. The summed E-state index contributed by atoms with van der Waals surface area (Å²) < 4.78 is 0. The van der Waals surface area contributed by atoms with Crippen LogP contribution in [0.2, 0.25) is 5.02 Å². The molecule has 0 saturated carbocycles. The molecule has 0 saturated heterocycles. The van der Waals surface area contributed by atoms with Gasteiger partial charge in [-0.05, 0) is 19.1 Å². The predicted molar refractivity (Wildman–Crippen MR) is 83.3 cm³/mol. The third kappa shape index (κ3) is 2.85. The second-order valence-corrected chi connectivity index (χ2v) is 5.15. The standard InChI is InChI=1S/C16H12ClN3O/c1-10-5-7-11(8-6-10)15-14(18-16(21)20-19-15)12-3-2-4-13(17)9-12/h2-9H,1H3,(H,18,20,21). The Hall–Kier alpha value is -2.46. The lowest BCUT2D eigenvalue weighted by Gasteiger charge is -2.07. The number of hydrogen-bond acceptors (Lipinski definition) is 3. The van der Waals surface area contributed by atoms with E-state index in [1.165, 1.54) is 0 Å². The van der Waals surface area contributed by atoms with Crippen molar-refractivity contribution in [3.05, 3.63) is 69.6 Å². The highest BCUT2D eigenvalue weighted by molar-refractivity contribution is 6.30. The summed E-state index contributed by atoms with van der Waals surface area (Å²) in [5.41, 5.74) is 3.46. The third-order valence-corrected chi connectivity index (χ3v) is 3.36. The molecule has 0 unspecified atom stereocenters. The number of H-pyrrole nitrogens is 1. The predicted octanol–water partition coefficient (Wildman–Crippen LogP) is 3.46. The van der Waals surface area contributed by atoms with Gasteiger partial charge in [0.15, 0.2) is 0 Å². The van der Waals surface area contributed by atoms with Crippen molar-refractivity contribution < 1.29 is 0 Å². The Labute approximate surface area is 126 Å². The van der Waals surface area contributed by atoms with Crippen molar-refractivity contribution in [3.8, 4) is 22.5 Å². The van der Waals surface area contributed by atoms with E-state index in [0.29, 0.717) is 16.4 Å². The molecule has 104 valence electrons. The minimum atomic E-state index is -0.485. The molecule has 0 bridgehead atoms. The molecule has 5 heteroatoms. The van der Waals surface area contributed by atoms with Gasteiger partial charge >= 0.3 is 5.69 Å². The van der Waals surface area contributed by atoms with Crippen LogP contribution in [0.1, 0.15) is 5.56 Å². The number of aryl methyl sites for hydroxylation is 1. The van der Waals surface area contributed by atoms with Gasteiger partial charge in [-0.2, -0.15) is 10.1 Å². The van der Waals surface area contributed by atoms with Crippen LogP contribution in [0, 0.1) is 6.92 Å². The van der Waals surface area contributed by atoms with E-state index >= 15 is 0 Å². The number of aromatic amines is 1. The summed E-state index contributed by atoms with van der Waals surface area (Å²) in [4.78, 5) is 15.6. The van der Waals surface area contributed by atoms with E-state index in [4.69, 9.17) is 11.6 Å². The van der Waals surface area contributed by atoms with Crippen molar-refractivity contribution in [2.24, 2.45) is 0 Å². The normalized spacial score (nSPS) is 10.6. The summed E-state index contributed by atoms with van der Waals surface area (Å²) in [5, 5.41) is 7.12. The minimum Gasteiger partial charge on any atom is -0.244 e. The molecule has 0 amide bonds. The quantitative estimate of drug-likeness (QED) is 0.788. The van der Waals surface area contributed by atoms with Gasteiger partial charge in [-0.3, -0.25) is 0 Å². The van der Waals surface area contributed by atoms with E-state index in [1.807, 2.05) is 43.3 Å². The SMILES string of the molecule is Cc1ccc(-c2n[nH]c(=O)nc2-c2cccc(Cl)c2)cc1. The molecule has 0 aliphatic carbocycles. The highest BCUT2D eigenvalue weighted by atomic mass is 35.5. The van der Waals surface area contributed by atoms with Crippen molar-refractivity contribution in [2.45, 2.75) is 6.92 Å². The van der Waals surface area contributed by atoms with Gasteiger partial charge in [-0.15, -0.1) is 0 Å². The lowest BCUT2D eigenvalue weighted by atomic mass is 10.0. The van der Waals surface area contributed by atoms with E-state index in [9.17, 15) is 4.79 Å². The number of rotatable bonds is 2. The van der Waals surface area contributed by atoms with E-state index in [0.717, 1.165) is 16.7 Å². The minimum absolute atomic E-state index is 0.485. The maximum atomic E-state index is 11.5. The zero-order chi connectivity index (χ0) is 14.8. The summed E-state index contributed by atoms with van der Waals surface area (Å²) in [6, 6.07) is 15.1. The molecule has 1 heterocycles. The van der Waals surface area contributed by atoms with Crippen LogP contribution in [0.5, 0.6) is 0 Å². The van der Waals surface area contributed by atoms with Crippen molar-refractivity contribution in [3.63, 3.8) is 0 Å². The molecular formula is C16H12ClN3O. The van der Waals surface area contributed by atoms with Crippen molar-refractivity contribution in [2.75, 3.05) is 0 Å². The number of benzene rings is 2. The lowest BCUT2D eigenvalue weighted by molar-refractivity contribution is 0.925. The molecular weight excluding hydrogens is 286 g/mol. The molecule has 0 aliphatic heterocycles. The Kier molecular flexibility index (Phi) is 3.54. The van der Waals surface area contributed by atoms with Crippen LogP contribution in [0.15, 0.2) is 53.3 Å². The average Bonchev–Trinajstić information content (AvgIpc) is 2.48. The summed E-state index contributed by atoms with van der Waals surface area (Å²) in [6.45, 7) is 2.01. The number of nitrogens with zero attached hydrogens (tertiary/aromatic N) is 2. The number of halogens is 1. The third-order valence-electron chi connectivity index (χ3n) is 3.12. The smallest absolute Gasteiger partial charge is 0.244 e. The van der Waals surface area contributed by atoms with E-state index in [-0.39, 0.29) is 0 Å². The molecule has 2 aromatic carbocycles. The van der Waals surface area contributed by atoms with Crippen LogP contribution in [0.4, 0.5) is 0 Å². The topological polar surface area (TPSA) is 58.6 Å². The van der Waals surface area contributed by atoms with Gasteiger partial charge in [-0.1, -0.05) is 53.6 Å². The van der Waals surface area contributed by atoms with Crippen LogP contribution in [-0.4, -0.2) is 15.2 Å². The maximum absolute atomic E-state index is 11.5. The van der Waals surface area contributed by atoms with Gasteiger partial charge in [0.2, 0.25) is 0 Å². The Morgan fingerprint density at radius 3 is 2.48 bits per heavy atom. The molecule has 4 nitrogen and oxygen atoms in total. The molecule has 1 aromatic heterocycles. The van der Waals surface area contributed by atoms with Gasteiger partial charge in [0, 0.05) is 16.1 Å². The monoisotopic (exact) mass is 297 g/mol. The first kappa shape index (κ1) is 13.5. The first-order valence-electron chi connectivity index (χ1n) is 6.43. The van der Waals surface area contributed by atoms with Crippen LogP contribution >= 0.6 is 11.6 Å². The Balaban J connectivity index is 2.22. The summed E-state index contributed by atoms with van der Waals surface area (Å²) in [6.07, 6.45) is 0. The highest BCUT2D eigenvalue weighted by Crippen LogP contribution is 2.28. The Morgan fingerprint density at radius 1 is 1.00 bits per heavy atom. The van der Waals surface area contributed by atoms with Gasteiger partial charge < -0.3 is 0 Å². The first-order valence-corrected chi connectivity index (χ1v) is 6.81. The zero-order valence-corrected chi connectivity index (χ0v) is 12.1. The number of aromatic nitrogens is 3. The van der Waals surface area contributed by atoms with Gasteiger partial charge in [0.05, 0.1) is 0 Å². The fraction of sp³-hybridized carbons (Fsp3) is 0.0625. The first-order chi connectivity index (χ1) is 10.1. The van der Waals surface area contributed by atoms with Crippen molar-refractivity contribution >= 4 is 11.6 Å². The zero-order valence-electron chi connectivity index (χ0n) is 11.3. The fourth-order valence-corrected chi connectivity index (χ4v) is 2.28. The van der Waals surface area contributed by atoms with E-state index in [1.54, 1.807) is 12.1 Å². The Morgan fingerprint density at radius 2 is 1.76 bits per heavy atom. The molecule has 0 radical (unpaired) electrons. The number of hydrogen-bond donors (Lipinski definition) is 1. The van der Waals surface area contributed by atoms with Gasteiger partial charge in [0.1, 0.15) is 11.4 Å². The highest BCUT2D eigenvalue weighted by Gasteiger charge is 2.12. The largest absolute Gasteiger partial charge is 0.361 e. The summed E-state index contributed by atoms with van der Waals surface area (Å²) >= 11 is 6.02. The summed E-state index contributed by atoms with van der Waals surface area (Å²) in [7, 11) is 0. The van der Waals surface area contributed by atoms with E-state index < -0.39 is 5.69 Å². The van der Waals surface area contributed by atoms with E-state index in [2.05, 4.69) is 15.2 Å². The molecule has 1 N–H and O–H groups in total. The van der Waals surface area contributed by atoms with Crippen LogP contribution < -0.4 is 5.69 Å². The molecule has 3 aromatic rings. The fourth-order valence-electron chi connectivity index (χ4n) is 2.09. The molecule has 3 rings (SSSR count). The number of nitrogens with one attached hydrogen (secondary N) is 1. The molecule has 0 spiro atoms. The average molecular weight is 298 g/mol. The van der Waals surface area contributed by atoms with Crippen molar-refractivity contribution in [1.82, 2.24) is 15.2 Å². The van der Waals surface area contributed by atoms with Gasteiger partial charge in [-0.25, -0.2) is 9.89 Å². The molecule has 0 aliphatic rings. The van der Waals surface area contributed by atoms with Crippen LogP contribution in [0.25, 0.3) is 22.5 Å². The second-order valence-electron chi connectivity index (χ2n) is 4.71. The van der Waals surface area contributed by atoms with Gasteiger partial charge in [0.25, 0.3) is 0 Å². The Bertz CT molecular complexity index is 841. The lowest BCUT2D eigenvalue weighted by Crippen LogP contribution is -2.14. The van der Waals surface area contributed by atoms with Crippen LogP contribution in [0.3, 0.4) is 0 Å². The summed E-state index contributed by atoms with van der Waals surface area (Å²) in [5.74, 6) is 0. The molecule has 0 atom stereocenters. The van der Waals surface area contributed by atoms with Crippen LogP contribution in [-0.2, 0) is 0 Å².